The summed E-state index contributed by atoms with van der Waals surface area (Å²) >= 11 is 0. The second-order valence-corrected chi connectivity index (χ2v) is 18.6. The molecule has 6 heteroatoms. The van der Waals surface area contributed by atoms with Gasteiger partial charge in [-0.05, 0) is 165 Å². The minimum Gasteiger partial charge on any atom is -0.508 e. The molecule has 0 bridgehead atoms. The molecule has 276 valence electrons. The molecule has 6 nitrogen and oxygen atoms in total. The molecular formula is C45H62N2O4. The molecule has 2 aromatic rings. The van der Waals surface area contributed by atoms with Crippen LogP contribution in [0, 0.1) is 57.2 Å². The first kappa shape index (κ1) is 36.2. The summed E-state index contributed by atoms with van der Waals surface area (Å²) in [5.41, 5.74) is 3.98. The van der Waals surface area contributed by atoms with Gasteiger partial charge in [0.2, 0.25) is 5.91 Å². The molecule has 2 amide bonds. The Kier molecular flexibility index (Phi) is 9.51. The van der Waals surface area contributed by atoms with Crippen LogP contribution >= 0.6 is 0 Å². The van der Waals surface area contributed by atoms with Gasteiger partial charge in [0.05, 0.1) is 11.5 Å². The number of aromatic hydroxyl groups is 1. The third-order valence-corrected chi connectivity index (χ3v) is 15.9. The standard InChI is InChI=1S/C45H62N2O4/c1-28(2)33-16-23-45(41(51)46-25-20-29-8-7-9-31(26-29)40(50)47-27-30-10-12-32(48)13-11-30)24-17-35-34(39(33)45)14-15-37-43(35,5)21-18-36-42(3,4)38(49)19-22-44(36,37)6/h7-13,26,33-39,48-49H,1,14-25,27H2,2-6H3,(H,46,51)(H,47,50). The molecule has 0 aliphatic heterocycles. The predicted octanol–water partition coefficient (Wildman–Crippen LogP) is 8.61. The monoisotopic (exact) mass is 694 g/mol. The van der Waals surface area contributed by atoms with Crippen LogP contribution in [-0.2, 0) is 17.8 Å². The number of rotatable bonds is 8. The van der Waals surface area contributed by atoms with E-state index in [1.165, 1.54) is 31.3 Å². The molecule has 5 fully saturated rings. The zero-order valence-electron chi connectivity index (χ0n) is 31.8. The smallest absolute Gasteiger partial charge is 0.251 e. The lowest BCUT2D eigenvalue weighted by atomic mass is 9.36. The van der Waals surface area contributed by atoms with Crippen molar-refractivity contribution in [3.63, 3.8) is 0 Å². The summed E-state index contributed by atoms with van der Waals surface area (Å²) in [6.45, 7) is 17.5. The van der Waals surface area contributed by atoms with Gasteiger partial charge >= 0.3 is 0 Å². The quantitative estimate of drug-likeness (QED) is 0.208. The summed E-state index contributed by atoms with van der Waals surface area (Å²) in [5.74, 6) is 3.48. The Morgan fingerprint density at radius 1 is 0.824 bits per heavy atom. The fraction of sp³-hybridized carbons (Fsp3) is 0.644. The van der Waals surface area contributed by atoms with Crippen LogP contribution in [-0.4, -0.2) is 34.7 Å². The van der Waals surface area contributed by atoms with Crippen molar-refractivity contribution in [3.8, 4) is 5.75 Å². The number of carbonyl (C=O) groups is 2. The first-order valence-corrected chi connectivity index (χ1v) is 20.0. The number of allylic oxidation sites excluding steroid dienone is 1. The van der Waals surface area contributed by atoms with Crippen molar-refractivity contribution in [2.24, 2.45) is 57.2 Å². The maximum Gasteiger partial charge on any atom is 0.251 e. The number of phenolic OH excluding ortho intramolecular Hbond substituents is 1. The van der Waals surface area contributed by atoms with E-state index in [2.05, 4.69) is 51.8 Å². The minimum atomic E-state index is -0.331. The molecule has 0 saturated heterocycles. The molecular weight excluding hydrogens is 633 g/mol. The third kappa shape index (κ3) is 6.05. The lowest BCUT2D eigenvalue weighted by Gasteiger charge is -2.69. The minimum absolute atomic E-state index is 0.0378. The maximum absolute atomic E-state index is 14.5. The highest BCUT2D eigenvalue weighted by atomic mass is 16.3. The Labute approximate surface area is 306 Å². The van der Waals surface area contributed by atoms with Crippen LogP contribution < -0.4 is 10.6 Å². The fourth-order valence-corrected chi connectivity index (χ4v) is 13.5. The lowest BCUT2D eigenvalue weighted by Crippen LogP contribution is -2.64. The summed E-state index contributed by atoms with van der Waals surface area (Å²) < 4.78 is 0. The van der Waals surface area contributed by atoms with Crippen molar-refractivity contribution in [1.29, 1.82) is 0 Å². The summed E-state index contributed by atoms with van der Waals surface area (Å²) in [5, 5.41) is 27.0. The van der Waals surface area contributed by atoms with E-state index in [9.17, 15) is 19.8 Å². The van der Waals surface area contributed by atoms with Crippen molar-refractivity contribution in [1.82, 2.24) is 10.6 Å². The van der Waals surface area contributed by atoms with Gasteiger partial charge in [-0.1, -0.05) is 64.1 Å². The van der Waals surface area contributed by atoms with E-state index < -0.39 is 0 Å². The lowest BCUT2D eigenvalue weighted by molar-refractivity contribution is -0.216. The number of hydrogen-bond donors (Lipinski definition) is 4. The second kappa shape index (κ2) is 13.4. The number of carbonyl (C=O) groups excluding carboxylic acids is 2. The van der Waals surface area contributed by atoms with Crippen molar-refractivity contribution in [2.45, 2.75) is 118 Å². The molecule has 5 aliphatic carbocycles. The largest absolute Gasteiger partial charge is 0.508 e. The molecule has 0 heterocycles. The number of phenols is 1. The van der Waals surface area contributed by atoms with Crippen LogP contribution in [0.1, 0.15) is 120 Å². The molecule has 10 unspecified atom stereocenters. The van der Waals surface area contributed by atoms with E-state index in [4.69, 9.17) is 0 Å². The second-order valence-electron chi connectivity index (χ2n) is 18.6. The topological polar surface area (TPSA) is 98.7 Å². The van der Waals surface area contributed by atoms with Gasteiger partial charge in [-0.25, -0.2) is 0 Å². The fourth-order valence-electron chi connectivity index (χ4n) is 13.5. The zero-order valence-corrected chi connectivity index (χ0v) is 31.8. The van der Waals surface area contributed by atoms with Crippen LogP contribution in [0.2, 0.25) is 0 Å². The average molecular weight is 695 g/mol. The van der Waals surface area contributed by atoms with Gasteiger partial charge in [0.1, 0.15) is 5.75 Å². The highest BCUT2D eigenvalue weighted by Gasteiger charge is 2.68. The Balaban J connectivity index is 1.03. The summed E-state index contributed by atoms with van der Waals surface area (Å²) in [6, 6.07) is 14.5. The molecule has 0 radical (unpaired) electrons. The maximum atomic E-state index is 14.5. The van der Waals surface area contributed by atoms with Crippen molar-refractivity contribution in [3.05, 3.63) is 77.4 Å². The summed E-state index contributed by atoms with van der Waals surface area (Å²) in [6.07, 6.45) is 11.5. The van der Waals surface area contributed by atoms with E-state index in [1.807, 2.05) is 24.3 Å². The van der Waals surface area contributed by atoms with Gasteiger partial charge < -0.3 is 20.8 Å². The number of benzene rings is 2. The van der Waals surface area contributed by atoms with Crippen molar-refractivity contribution >= 4 is 11.8 Å². The number of nitrogens with one attached hydrogen (secondary N) is 2. The van der Waals surface area contributed by atoms with E-state index >= 15 is 0 Å². The van der Waals surface area contributed by atoms with Crippen LogP contribution in [0.4, 0.5) is 0 Å². The highest BCUT2D eigenvalue weighted by molar-refractivity contribution is 5.94. The summed E-state index contributed by atoms with van der Waals surface area (Å²) in [7, 11) is 0. The van der Waals surface area contributed by atoms with Crippen LogP contribution in [0.25, 0.3) is 0 Å². The van der Waals surface area contributed by atoms with Gasteiger partial charge in [0.25, 0.3) is 5.91 Å². The first-order chi connectivity index (χ1) is 24.2. The molecule has 7 rings (SSSR count). The molecule has 4 N–H and O–H groups in total. The molecule has 51 heavy (non-hydrogen) atoms. The van der Waals surface area contributed by atoms with Gasteiger partial charge in [-0.2, -0.15) is 0 Å². The van der Waals surface area contributed by atoms with E-state index in [-0.39, 0.29) is 45.3 Å². The normalized spacial score (nSPS) is 38.0. The van der Waals surface area contributed by atoms with E-state index in [0.717, 1.165) is 49.7 Å². The van der Waals surface area contributed by atoms with Crippen LogP contribution in [0.5, 0.6) is 5.75 Å². The summed E-state index contributed by atoms with van der Waals surface area (Å²) in [4.78, 5) is 27.5. The van der Waals surface area contributed by atoms with Crippen LogP contribution in [0.15, 0.2) is 60.7 Å². The molecule has 5 saturated carbocycles. The highest BCUT2D eigenvalue weighted by Crippen LogP contribution is 2.73. The molecule has 5 aliphatic rings. The van der Waals surface area contributed by atoms with Gasteiger partial charge in [-0.3, -0.25) is 9.59 Å². The first-order valence-electron chi connectivity index (χ1n) is 20.0. The third-order valence-electron chi connectivity index (χ3n) is 15.9. The average Bonchev–Trinajstić information content (AvgIpc) is 3.52. The Hall–Kier alpha value is -3.12. The number of amides is 2. The van der Waals surface area contributed by atoms with Gasteiger partial charge in [0, 0.05) is 18.7 Å². The van der Waals surface area contributed by atoms with Gasteiger partial charge in [0.15, 0.2) is 0 Å². The zero-order chi connectivity index (χ0) is 36.3. The molecule has 2 aromatic carbocycles. The predicted molar refractivity (Wildman–Crippen MR) is 203 cm³/mol. The number of fused-ring (bicyclic) bond motifs is 7. The number of aliphatic hydroxyl groups is 1. The molecule has 10 atom stereocenters. The van der Waals surface area contributed by atoms with Gasteiger partial charge in [-0.15, -0.1) is 0 Å². The van der Waals surface area contributed by atoms with Crippen molar-refractivity contribution < 1.29 is 19.8 Å². The van der Waals surface area contributed by atoms with E-state index in [1.54, 1.807) is 24.3 Å². The van der Waals surface area contributed by atoms with E-state index in [0.29, 0.717) is 60.6 Å². The molecule has 0 spiro atoms. The Morgan fingerprint density at radius 2 is 1.55 bits per heavy atom. The molecule has 0 aromatic heterocycles. The Bertz CT molecular complexity index is 1650. The van der Waals surface area contributed by atoms with Crippen LogP contribution in [0.3, 0.4) is 0 Å². The SMILES string of the molecule is C=C(C)C1CCC2(C(=O)NCCc3cccc(C(=O)NCc4ccc(O)cc4)c3)CCC3C(CCC4C3(C)CCC3C(C)(C)C(O)CCC34C)C12. The number of aliphatic hydroxyl groups excluding tert-OH is 1. The number of hydrogen-bond acceptors (Lipinski definition) is 4. The van der Waals surface area contributed by atoms with Crippen molar-refractivity contribution in [2.75, 3.05) is 6.54 Å². The Morgan fingerprint density at radius 3 is 2.29 bits per heavy atom.